The maximum atomic E-state index is 13.0. The first-order valence-corrected chi connectivity index (χ1v) is 8.27. The molecule has 2 aromatic heterocycles. The van der Waals surface area contributed by atoms with Crippen LogP contribution in [0, 0.1) is 0 Å². The Morgan fingerprint density at radius 2 is 1.72 bits per heavy atom. The molecule has 0 unspecified atom stereocenters. The molecule has 4 aromatic rings. The normalized spacial score (nSPS) is 11.5. The van der Waals surface area contributed by atoms with E-state index in [0.29, 0.717) is 36.1 Å². The third-order valence-electron chi connectivity index (χ3n) is 4.44. The summed E-state index contributed by atoms with van der Waals surface area (Å²) in [6.45, 7) is 0.620. The third kappa shape index (κ3) is 2.55. The average molecular weight is 335 g/mol. The second kappa shape index (κ2) is 6.05. The molecule has 0 fully saturated rings. The number of aromatic nitrogens is 3. The fourth-order valence-electron chi connectivity index (χ4n) is 3.28. The predicted octanol–water partition coefficient (Wildman–Crippen LogP) is 3.06. The highest BCUT2D eigenvalue weighted by molar-refractivity contribution is 5.85. The maximum Gasteiger partial charge on any atom is 0.303 e. The molecule has 0 amide bonds. The van der Waals surface area contributed by atoms with E-state index in [2.05, 4.69) is 0 Å². The topological polar surface area (TPSA) is 76.6 Å². The van der Waals surface area contributed by atoms with Gasteiger partial charge >= 0.3 is 5.97 Å². The number of carbonyl (C=O) groups is 1. The van der Waals surface area contributed by atoms with E-state index in [1.807, 2.05) is 47.0 Å². The van der Waals surface area contributed by atoms with E-state index >= 15 is 0 Å². The minimum Gasteiger partial charge on any atom is -0.481 e. The summed E-state index contributed by atoms with van der Waals surface area (Å²) in [5.74, 6) is -0.192. The fraction of sp³-hybridized carbons (Fsp3) is 0.211. The number of imidazole rings is 1. The number of carboxylic acids is 1. The van der Waals surface area contributed by atoms with Crippen molar-refractivity contribution in [2.24, 2.45) is 0 Å². The van der Waals surface area contributed by atoms with Crippen LogP contribution in [-0.2, 0) is 11.3 Å². The van der Waals surface area contributed by atoms with E-state index in [1.54, 1.807) is 10.5 Å². The van der Waals surface area contributed by atoms with Gasteiger partial charge in [-0.25, -0.2) is 9.38 Å². The number of hydrogen-bond donors (Lipinski definition) is 1. The summed E-state index contributed by atoms with van der Waals surface area (Å²) in [7, 11) is 0. The first kappa shape index (κ1) is 15.4. The molecule has 6 heteroatoms. The van der Waals surface area contributed by atoms with Gasteiger partial charge in [0.25, 0.3) is 5.56 Å². The molecule has 0 aliphatic heterocycles. The lowest BCUT2D eigenvalue weighted by Crippen LogP contribution is -2.15. The minimum absolute atomic E-state index is 0.0823. The number of nitrogens with zero attached hydrogens (tertiary/aromatic N) is 3. The van der Waals surface area contributed by atoms with Crippen LogP contribution in [0.4, 0.5) is 0 Å². The van der Waals surface area contributed by atoms with Crippen molar-refractivity contribution >= 4 is 33.7 Å². The highest BCUT2D eigenvalue weighted by Gasteiger charge is 2.15. The Morgan fingerprint density at radius 1 is 1.00 bits per heavy atom. The van der Waals surface area contributed by atoms with Crippen molar-refractivity contribution < 1.29 is 9.90 Å². The molecule has 0 saturated heterocycles. The van der Waals surface area contributed by atoms with Crippen molar-refractivity contribution in [2.45, 2.75) is 25.8 Å². The van der Waals surface area contributed by atoms with Crippen LogP contribution in [0.2, 0.25) is 0 Å². The lowest BCUT2D eigenvalue weighted by molar-refractivity contribution is -0.137. The number of carboxylic acid groups (broad SMARTS) is 1. The number of fused-ring (bicyclic) bond motifs is 4. The molecule has 0 aliphatic rings. The number of benzene rings is 2. The predicted molar refractivity (Wildman–Crippen MR) is 96.0 cm³/mol. The van der Waals surface area contributed by atoms with Crippen molar-refractivity contribution in [3.8, 4) is 0 Å². The molecule has 0 bridgehead atoms. The summed E-state index contributed by atoms with van der Waals surface area (Å²) in [5, 5.41) is 9.40. The smallest absolute Gasteiger partial charge is 0.303 e. The van der Waals surface area contributed by atoms with Crippen LogP contribution < -0.4 is 5.56 Å². The molecule has 2 aromatic carbocycles. The Hall–Kier alpha value is -3.15. The molecule has 0 radical (unpaired) electrons. The van der Waals surface area contributed by atoms with Crippen LogP contribution in [0.1, 0.15) is 19.3 Å². The molecular formula is C19H17N3O3. The zero-order chi connectivity index (χ0) is 17.4. The Morgan fingerprint density at radius 3 is 2.52 bits per heavy atom. The van der Waals surface area contributed by atoms with Gasteiger partial charge < -0.3 is 9.67 Å². The molecule has 4 rings (SSSR count). The van der Waals surface area contributed by atoms with Gasteiger partial charge in [-0.3, -0.25) is 9.59 Å². The largest absolute Gasteiger partial charge is 0.481 e. The van der Waals surface area contributed by atoms with Crippen LogP contribution in [0.25, 0.3) is 27.7 Å². The number of hydrogen-bond acceptors (Lipinski definition) is 3. The summed E-state index contributed by atoms with van der Waals surface area (Å²) >= 11 is 0. The van der Waals surface area contributed by atoms with Crippen molar-refractivity contribution in [1.29, 1.82) is 0 Å². The molecule has 0 atom stereocenters. The van der Waals surface area contributed by atoms with Crippen molar-refractivity contribution in [1.82, 2.24) is 14.0 Å². The summed E-state index contributed by atoms with van der Waals surface area (Å²) in [5.41, 5.74) is 2.33. The Labute approximate surface area is 143 Å². The van der Waals surface area contributed by atoms with Gasteiger partial charge in [-0.2, -0.15) is 0 Å². The monoisotopic (exact) mass is 335 g/mol. The van der Waals surface area contributed by atoms with Crippen LogP contribution in [0.15, 0.2) is 53.3 Å². The van der Waals surface area contributed by atoms with E-state index in [-0.39, 0.29) is 12.0 Å². The highest BCUT2D eigenvalue weighted by atomic mass is 16.4. The number of para-hydroxylation sites is 3. The van der Waals surface area contributed by atoms with Gasteiger partial charge in [-0.15, -0.1) is 0 Å². The Balaban J connectivity index is 1.93. The highest BCUT2D eigenvalue weighted by Crippen LogP contribution is 2.21. The number of aryl methyl sites for hydroxylation is 1. The molecule has 126 valence electrons. The van der Waals surface area contributed by atoms with Gasteiger partial charge in [0.2, 0.25) is 5.78 Å². The van der Waals surface area contributed by atoms with Crippen LogP contribution in [0.3, 0.4) is 0 Å². The third-order valence-corrected chi connectivity index (χ3v) is 4.44. The van der Waals surface area contributed by atoms with E-state index in [9.17, 15) is 9.59 Å². The second-order valence-electron chi connectivity index (χ2n) is 6.06. The summed E-state index contributed by atoms with van der Waals surface area (Å²) in [6.07, 6.45) is 1.45. The van der Waals surface area contributed by atoms with Crippen molar-refractivity contribution in [3.63, 3.8) is 0 Å². The first-order chi connectivity index (χ1) is 12.2. The second-order valence-corrected chi connectivity index (χ2v) is 6.06. The van der Waals surface area contributed by atoms with Gasteiger partial charge in [0.05, 0.1) is 21.9 Å². The quantitative estimate of drug-likeness (QED) is 0.569. The summed E-state index contributed by atoms with van der Waals surface area (Å²) in [4.78, 5) is 28.4. The lowest BCUT2D eigenvalue weighted by atomic mass is 10.2. The van der Waals surface area contributed by atoms with Crippen LogP contribution >= 0.6 is 0 Å². The fourth-order valence-corrected chi connectivity index (χ4v) is 3.28. The van der Waals surface area contributed by atoms with E-state index in [1.165, 1.54) is 0 Å². The molecule has 1 N–H and O–H groups in total. The lowest BCUT2D eigenvalue weighted by Gasteiger charge is -2.06. The van der Waals surface area contributed by atoms with Gasteiger partial charge in [-0.05, 0) is 37.1 Å². The Bertz CT molecular complexity index is 1160. The van der Waals surface area contributed by atoms with E-state index in [4.69, 9.17) is 10.1 Å². The van der Waals surface area contributed by atoms with E-state index in [0.717, 1.165) is 11.0 Å². The minimum atomic E-state index is -0.789. The van der Waals surface area contributed by atoms with Crippen molar-refractivity contribution in [2.75, 3.05) is 0 Å². The molecule has 0 spiro atoms. The summed E-state index contributed by atoms with van der Waals surface area (Å²) < 4.78 is 3.65. The number of rotatable bonds is 5. The van der Waals surface area contributed by atoms with E-state index < -0.39 is 5.97 Å². The standard InChI is InChI=1S/C19H17N3O3/c23-17(24)11-5-6-12-21-15-9-3-4-10-16(15)22-18(25)13-7-1-2-8-14(13)20-19(21)22/h1-4,7-10H,5-6,11-12H2,(H,23,24). The zero-order valence-electron chi connectivity index (χ0n) is 13.6. The molecule has 25 heavy (non-hydrogen) atoms. The Kier molecular flexibility index (Phi) is 3.72. The molecule has 0 saturated carbocycles. The molecular weight excluding hydrogens is 318 g/mol. The summed E-state index contributed by atoms with van der Waals surface area (Å²) in [6, 6.07) is 15.0. The molecule has 6 nitrogen and oxygen atoms in total. The maximum absolute atomic E-state index is 13.0. The van der Waals surface area contributed by atoms with Gasteiger partial charge in [-0.1, -0.05) is 24.3 Å². The number of unbranched alkanes of at least 4 members (excludes halogenated alkanes) is 1. The van der Waals surface area contributed by atoms with Gasteiger partial charge in [0.1, 0.15) is 0 Å². The van der Waals surface area contributed by atoms with Gasteiger partial charge in [0.15, 0.2) is 0 Å². The number of aliphatic carboxylic acids is 1. The zero-order valence-corrected chi connectivity index (χ0v) is 13.6. The van der Waals surface area contributed by atoms with Crippen LogP contribution in [-0.4, -0.2) is 25.0 Å². The van der Waals surface area contributed by atoms with Gasteiger partial charge in [0, 0.05) is 13.0 Å². The van der Waals surface area contributed by atoms with Crippen LogP contribution in [0.5, 0.6) is 0 Å². The molecule has 0 aliphatic carbocycles. The SMILES string of the molecule is O=C(O)CCCCn1c2ccccc2n2c(=O)c3ccccc3nc12. The molecule has 2 heterocycles. The average Bonchev–Trinajstić information content (AvgIpc) is 2.93. The van der Waals surface area contributed by atoms with Crippen molar-refractivity contribution in [3.05, 3.63) is 58.9 Å². The first-order valence-electron chi connectivity index (χ1n) is 8.27.